The highest BCUT2D eigenvalue weighted by molar-refractivity contribution is 6.00. The van der Waals surface area contributed by atoms with Gasteiger partial charge in [0.2, 0.25) is 0 Å². The number of carbonyl (C=O) groups is 1. The maximum Gasteiger partial charge on any atom is 0.256 e. The van der Waals surface area contributed by atoms with E-state index in [0.717, 1.165) is 5.69 Å². The molecule has 6 nitrogen and oxygen atoms in total. The van der Waals surface area contributed by atoms with Crippen molar-refractivity contribution in [3.05, 3.63) is 23.8 Å². The number of hydrogen-bond donors (Lipinski definition) is 1. The summed E-state index contributed by atoms with van der Waals surface area (Å²) < 4.78 is 5.03. The zero-order chi connectivity index (χ0) is 15.8. The Morgan fingerprint density at radius 3 is 2.67 bits per heavy atom. The number of nitrogens with two attached hydrogens (primary N) is 1. The Kier molecular flexibility index (Phi) is 6.50. The van der Waals surface area contributed by atoms with E-state index in [-0.39, 0.29) is 12.3 Å². The number of amides is 1. The molecule has 0 saturated carbocycles. The highest BCUT2D eigenvalue weighted by atomic mass is 16.5. The smallest absolute Gasteiger partial charge is 0.256 e. The number of nitriles is 1. The second-order valence-electron chi connectivity index (χ2n) is 4.86. The molecule has 1 aromatic carbocycles. The molecule has 0 aliphatic rings. The van der Waals surface area contributed by atoms with Gasteiger partial charge in [-0.3, -0.25) is 4.79 Å². The third-order valence-corrected chi connectivity index (χ3v) is 3.08. The summed E-state index contributed by atoms with van der Waals surface area (Å²) in [7, 11) is 5.33. The number of ether oxygens (including phenoxy) is 1. The molecular formula is C15H22N4O2. The van der Waals surface area contributed by atoms with Gasteiger partial charge in [-0.2, -0.15) is 5.26 Å². The summed E-state index contributed by atoms with van der Waals surface area (Å²) in [6.45, 7) is 1.25. The van der Waals surface area contributed by atoms with Crippen molar-refractivity contribution >= 4 is 17.3 Å². The second kappa shape index (κ2) is 8.12. The van der Waals surface area contributed by atoms with Crippen LogP contribution in [-0.2, 0) is 4.74 Å². The zero-order valence-corrected chi connectivity index (χ0v) is 12.8. The van der Waals surface area contributed by atoms with E-state index in [4.69, 9.17) is 15.7 Å². The van der Waals surface area contributed by atoms with Crippen molar-refractivity contribution in [1.82, 2.24) is 4.90 Å². The number of hydrogen-bond acceptors (Lipinski definition) is 5. The molecule has 0 aromatic heterocycles. The first kappa shape index (κ1) is 16.8. The van der Waals surface area contributed by atoms with Crippen LogP contribution in [0.3, 0.4) is 0 Å². The zero-order valence-electron chi connectivity index (χ0n) is 12.8. The van der Waals surface area contributed by atoms with Gasteiger partial charge in [-0.25, -0.2) is 0 Å². The second-order valence-corrected chi connectivity index (χ2v) is 4.86. The van der Waals surface area contributed by atoms with E-state index in [2.05, 4.69) is 6.07 Å². The standard InChI is InChI=1S/C15H22N4O2/c1-18(2)14-6-5-12(17)11-13(14)15(20)19(8-4-7-16)9-10-21-3/h5-6,11H,4,8-10,17H2,1-3H3. The van der Waals surface area contributed by atoms with Crippen LogP contribution in [0.25, 0.3) is 0 Å². The van der Waals surface area contributed by atoms with Crippen LogP contribution in [0.1, 0.15) is 16.8 Å². The molecule has 0 aliphatic heterocycles. The average Bonchev–Trinajstić information content (AvgIpc) is 2.46. The molecule has 0 aliphatic carbocycles. The topological polar surface area (TPSA) is 82.6 Å². The fourth-order valence-electron chi connectivity index (χ4n) is 1.99. The molecule has 114 valence electrons. The summed E-state index contributed by atoms with van der Waals surface area (Å²) in [6, 6.07) is 7.32. The van der Waals surface area contributed by atoms with Crippen LogP contribution in [0.15, 0.2) is 18.2 Å². The normalized spacial score (nSPS) is 10.0. The molecule has 21 heavy (non-hydrogen) atoms. The number of benzene rings is 1. The molecule has 0 atom stereocenters. The Labute approximate surface area is 125 Å². The van der Waals surface area contributed by atoms with E-state index in [1.165, 1.54) is 0 Å². The van der Waals surface area contributed by atoms with Crippen molar-refractivity contribution in [2.45, 2.75) is 6.42 Å². The summed E-state index contributed by atoms with van der Waals surface area (Å²) in [5, 5.41) is 8.73. The van der Waals surface area contributed by atoms with Gasteiger partial charge < -0.3 is 20.3 Å². The molecule has 0 unspecified atom stereocenters. The molecule has 0 spiro atoms. The monoisotopic (exact) mass is 290 g/mol. The third-order valence-electron chi connectivity index (χ3n) is 3.08. The minimum Gasteiger partial charge on any atom is -0.399 e. The van der Waals surface area contributed by atoms with E-state index in [0.29, 0.717) is 30.9 Å². The predicted octanol–water partition coefficient (Wildman–Crippen LogP) is 1.34. The lowest BCUT2D eigenvalue weighted by Gasteiger charge is -2.24. The van der Waals surface area contributed by atoms with E-state index in [1.807, 2.05) is 25.1 Å². The van der Waals surface area contributed by atoms with Crippen LogP contribution in [-0.4, -0.2) is 51.7 Å². The van der Waals surface area contributed by atoms with Gasteiger partial charge in [-0.1, -0.05) is 0 Å². The molecule has 0 fully saturated rings. The molecule has 2 N–H and O–H groups in total. The lowest BCUT2D eigenvalue weighted by molar-refractivity contribution is 0.0700. The Balaban J connectivity index is 3.07. The SMILES string of the molecule is COCCN(CCC#N)C(=O)c1cc(N)ccc1N(C)C. The van der Waals surface area contributed by atoms with Gasteiger partial charge in [0, 0.05) is 45.7 Å². The van der Waals surface area contributed by atoms with Gasteiger partial charge in [0.15, 0.2) is 0 Å². The summed E-state index contributed by atoms with van der Waals surface area (Å²) in [5.41, 5.74) is 7.67. The minimum atomic E-state index is -0.140. The van der Waals surface area contributed by atoms with Crippen molar-refractivity contribution in [3.8, 4) is 6.07 Å². The van der Waals surface area contributed by atoms with Crippen molar-refractivity contribution in [1.29, 1.82) is 5.26 Å². The number of anilines is 2. The van der Waals surface area contributed by atoms with Crippen molar-refractivity contribution < 1.29 is 9.53 Å². The first-order valence-electron chi connectivity index (χ1n) is 6.73. The van der Waals surface area contributed by atoms with Crippen LogP contribution in [0.5, 0.6) is 0 Å². The Bertz CT molecular complexity index is 523. The lowest BCUT2D eigenvalue weighted by atomic mass is 10.1. The molecule has 6 heteroatoms. The Hall–Kier alpha value is -2.26. The van der Waals surface area contributed by atoms with Crippen molar-refractivity contribution in [2.24, 2.45) is 0 Å². The fraction of sp³-hybridized carbons (Fsp3) is 0.467. The van der Waals surface area contributed by atoms with E-state index in [9.17, 15) is 4.79 Å². The van der Waals surface area contributed by atoms with Crippen LogP contribution >= 0.6 is 0 Å². The van der Waals surface area contributed by atoms with Gasteiger partial charge >= 0.3 is 0 Å². The molecule has 0 bridgehead atoms. The molecule has 1 rings (SSSR count). The minimum absolute atomic E-state index is 0.140. The molecule has 0 radical (unpaired) electrons. The van der Waals surface area contributed by atoms with E-state index in [1.54, 1.807) is 24.1 Å². The van der Waals surface area contributed by atoms with Gasteiger partial charge in [0.05, 0.1) is 24.7 Å². The molecular weight excluding hydrogens is 268 g/mol. The average molecular weight is 290 g/mol. The lowest BCUT2D eigenvalue weighted by Crippen LogP contribution is -2.35. The molecule has 1 amide bonds. The first-order valence-corrected chi connectivity index (χ1v) is 6.73. The van der Waals surface area contributed by atoms with Crippen LogP contribution in [0.4, 0.5) is 11.4 Å². The number of nitrogen functional groups attached to an aromatic ring is 1. The van der Waals surface area contributed by atoms with Crippen molar-refractivity contribution in [3.63, 3.8) is 0 Å². The summed E-state index contributed by atoms with van der Waals surface area (Å²) in [5.74, 6) is -0.140. The molecule has 0 saturated heterocycles. The van der Waals surface area contributed by atoms with Crippen molar-refractivity contribution in [2.75, 3.05) is 51.5 Å². The number of rotatable bonds is 7. The Morgan fingerprint density at radius 1 is 1.38 bits per heavy atom. The number of methoxy groups -OCH3 is 1. The van der Waals surface area contributed by atoms with Crippen LogP contribution in [0, 0.1) is 11.3 Å². The largest absolute Gasteiger partial charge is 0.399 e. The number of carbonyl (C=O) groups excluding carboxylic acids is 1. The summed E-state index contributed by atoms with van der Waals surface area (Å²) in [4.78, 5) is 16.2. The summed E-state index contributed by atoms with van der Waals surface area (Å²) >= 11 is 0. The van der Waals surface area contributed by atoms with Gasteiger partial charge in [-0.15, -0.1) is 0 Å². The highest BCUT2D eigenvalue weighted by Gasteiger charge is 2.19. The quantitative estimate of drug-likeness (QED) is 0.766. The van der Waals surface area contributed by atoms with Crippen LogP contribution < -0.4 is 10.6 Å². The number of nitrogens with zero attached hydrogens (tertiary/aromatic N) is 3. The van der Waals surface area contributed by atoms with Gasteiger partial charge in [0.25, 0.3) is 5.91 Å². The molecule has 0 heterocycles. The first-order chi connectivity index (χ1) is 10.0. The van der Waals surface area contributed by atoms with E-state index >= 15 is 0 Å². The van der Waals surface area contributed by atoms with Gasteiger partial charge in [0.1, 0.15) is 0 Å². The predicted molar refractivity (Wildman–Crippen MR) is 83.2 cm³/mol. The van der Waals surface area contributed by atoms with E-state index < -0.39 is 0 Å². The maximum absolute atomic E-state index is 12.7. The highest BCUT2D eigenvalue weighted by Crippen LogP contribution is 2.23. The fourth-order valence-corrected chi connectivity index (χ4v) is 1.99. The maximum atomic E-state index is 12.7. The van der Waals surface area contributed by atoms with Crippen LogP contribution in [0.2, 0.25) is 0 Å². The third kappa shape index (κ3) is 4.65. The van der Waals surface area contributed by atoms with Gasteiger partial charge in [-0.05, 0) is 18.2 Å². The Morgan fingerprint density at radius 2 is 2.10 bits per heavy atom. The summed E-state index contributed by atoms with van der Waals surface area (Å²) in [6.07, 6.45) is 0.287. The molecule has 1 aromatic rings.